The van der Waals surface area contributed by atoms with Gasteiger partial charge in [-0.15, -0.1) is 0 Å². The molecule has 0 bridgehead atoms. The zero-order valence-electron chi connectivity index (χ0n) is 8.56. The SMILES string of the molecule is CC(=O)NCC=Cc1cc(F)cc(F)c1F. The number of halogens is 3. The van der Waals surface area contributed by atoms with E-state index >= 15 is 0 Å². The van der Waals surface area contributed by atoms with Crippen molar-refractivity contribution in [2.45, 2.75) is 6.92 Å². The molecule has 0 aliphatic rings. The van der Waals surface area contributed by atoms with Crippen LogP contribution in [0.3, 0.4) is 0 Å². The van der Waals surface area contributed by atoms with E-state index in [0.29, 0.717) is 6.07 Å². The van der Waals surface area contributed by atoms with Gasteiger partial charge in [-0.1, -0.05) is 12.2 Å². The zero-order chi connectivity index (χ0) is 12.1. The first-order valence-corrected chi connectivity index (χ1v) is 4.56. The van der Waals surface area contributed by atoms with Gasteiger partial charge >= 0.3 is 0 Å². The second kappa shape index (κ2) is 5.34. The van der Waals surface area contributed by atoms with Gasteiger partial charge in [-0.3, -0.25) is 4.79 Å². The van der Waals surface area contributed by atoms with Gasteiger partial charge in [0.05, 0.1) is 0 Å². The van der Waals surface area contributed by atoms with E-state index in [1.54, 1.807) is 0 Å². The molecule has 0 aliphatic carbocycles. The zero-order valence-corrected chi connectivity index (χ0v) is 8.56. The number of benzene rings is 1. The molecule has 0 aromatic heterocycles. The maximum absolute atomic E-state index is 13.1. The Morgan fingerprint density at radius 3 is 2.69 bits per heavy atom. The highest BCUT2D eigenvalue weighted by atomic mass is 19.2. The van der Waals surface area contributed by atoms with Crippen LogP contribution in [-0.2, 0) is 4.79 Å². The molecule has 1 aromatic carbocycles. The van der Waals surface area contributed by atoms with Gasteiger partial charge in [0.15, 0.2) is 11.6 Å². The van der Waals surface area contributed by atoms with Crippen LogP contribution in [0.25, 0.3) is 6.08 Å². The summed E-state index contributed by atoms with van der Waals surface area (Å²) in [6.45, 7) is 1.50. The number of nitrogens with one attached hydrogen (secondary N) is 1. The van der Waals surface area contributed by atoms with Crippen LogP contribution in [0.2, 0.25) is 0 Å². The summed E-state index contributed by atoms with van der Waals surface area (Å²) in [4.78, 5) is 10.5. The highest BCUT2D eigenvalue weighted by Gasteiger charge is 2.08. The van der Waals surface area contributed by atoms with Crippen LogP contribution in [0, 0.1) is 17.5 Å². The third-order valence-corrected chi connectivity index (χ3v) is 1.79. The first kappa shape index (κ1) is 12.3. The van der Waals surface area contributed by atoms with Crippen LogP contribution in [0.4, 0.5) is 13.2 Å². The Balaban J connectivity index is 2.77. The molecule has 0 saturated heterocycles. The fourth-order valence-electron chi connectivity index (χ4n) is 1.09. The lowest BCUT2D eigenvalue weighted by atomic mass is 10.2. The van der Waals surface area contributed by atoms with Gasteiger partial charge in [0.2, 0.25) is 5.91 Å². The molecule has 1 rings (SSSR count). The van der Waals surface area contributed by atoms with Gasteiger partial charge in [-0.25, -0.2) is 13.2 Å². The third-order valence-electron chi connectivity index (χ3n) is 1.79. The second-order valence-electron chi connectivity index (χ2n) is 3.13. The van der Waals surface area contributed by atoms with Crippen molar-refractivity contribution in [3.05, 3.63) is 41.2 Å². The summed E-state index contributed by atoms with van der Waals surface area (Å²) in [5, 5.41) is 2.43. The Labute approximate surface area is 90.8 Å². The molecule has 0 radical (unpaired) electrons. The first-order valence-electron chi connectivity index (χ1n) is 4.56. The van der Waals surface area contributed by atoms with Crippen molar-refractivity contribution in [2.75, 3.05) is 6.54 Å². The van der Waals surface area contributed by atoms with Gasteiger partial charge < -0.3 is 5.32 Å². The lowest BCUT2D eigenvalue weighted by Gasteiger charge is -1.99. The minimum atomic E-state index is -1.24. The van der Waals surface area contributed by atoms with Crippen LogP contribution in [0.5, 0.6) is 0 Å². The molecular weight excluding hydrogens is 219 g/mol. The van der Waals surface area contributed by atoms with Crippen molar-refractivity contribution in [1.29, 1.82) is 0 Å². The minimum Gasteiger partial charge on any atom is -0.353 e. The van der Waals surface area contributed by atoms with Crippen molar-refractivity contribution >= 4 is 12.0 Å². The molecule has 1 N–H and O–H groups in total. The lowest BCUT2D eigenvalue weighted by molar-refractivity contribution is -0.118. The van der Waals surface area contributed by atoms with Crippen molar-refractivity contribution in [2.24, 2.45) is 0 Å². The third kappa shape index (κ3) is 3.42. The maximum Gasteiger partial charge on any atom is 0.217 e. The summed E-state index contributed by atoms with van der Waals surface area (Å²) in [5.41, 5.74) is -0.192. The number of rotatable bonds is 3. The molecule has 0 unspecified atom stereocenters. The number of carbonyl (C=O) groups is 1. The van der Waals surface area contributed by atoms with Crippen molar-refractivity contribution in [1.82, 2.24) is 5.32 Å². The Bertz CT molecular complexity index is 429. The van der Waals surface area contributed by atoms with Gasteiger partial charge in [0.1, 0.15) is 5.82 Å². The van der Waals surface area contributed by atoms with Gasteiger partial charge in [-0.05, 0) is 6.07 Å². The van der Waals surface area contributed by atoms with Crippen LogP contribution in [0.1, 0.15) is 12.5 Å². The maximum atomic E-state index is 13.1. The topological polar surface area (TPSA) is 29.1 Å². The summed E-state index contributed by atoms with van der Waals surface area (Å²) >= 11 is 0. The largest absolute Gasteiger partial charge is 0.353 e. The summed E-state index contributed by atoms with van der Waals surface area (Å²) in [7, 11) is 0. The van der Waals surface area contributed by atoms with E-state index in [1.807, 2.05) is 0 Å². The standard InChI is InChI=1S/C11H10F3NO/c1-7(16)15-4-2-3-8-5-9(12)6-10(13)11(8)14/h2-3,5-6H,4H2,1H3,(H,15,16). The Morgan fingerprint density at radius 2 is 2.06 bits per heavy atom. The number of hydrogen-bond donors (Lipinski definition) is 1. The normalized spacial score (nSPS) is 10.8. The second-order valence-corrected chi connectivity index (χ2v) is 3.13. The molecule has 1 aromatic rings. The predicted octanol–water partition coefficient (Wildman–Crippen LogP) is 2.25. The predicted molar refractivity (Wildman–Crippen MR) is 54.0 cm³/mol. The molecule has 5 heteroatoms. The fourth-order valence-corrected chi connectivity index (χ4v) is 1.09. The van der Waals surface area contributed by atoms with Crippen LogP contribution in [0.15, 0.2) is 18.2 Å². The molecule has 0 atom stereocenters. The van der Waals surface area contributed by atoms with Crippen LogP contribution >= 0.6 is 0 Å². The minimum absolute atomic E-state index is 0.174. The Morgan fingerprint density at radius 1 is 1.38 bits per heavy atom. The molecular formula is C11H10F3NO. The number of amides is 1. The van der Waals surface area contributed by atoms with Crippen molar-refractivity contribution < 1.29 is 18.0 Å². The molecule has 0 spiro atoms. The molecule has 0 fully saturated rings. The van der Waals surface area contributed by atoms with Crippen molar-refractivity contribution in [3.8, 4) is 0 Å². The highest BCUT2D eigenvalue weighted by Crippen LogP contribution is 2.15. The summed E-state index contributed by atoms with van der Waals surface area (Å²) in [6, 6.07) is 1.35. The van der Waals surface area contributed by atoms with Crippen LogP contribution < -0.4 is 5.32 Å². The number of carbonyl (C=O) groups excluding carboxylic acids is 1. The highest BCUT2D eigenvalue weighted by molar-refractivity contribution is 5.73. The summed E-state index contributed by atoms with van der Waals surface area (Å²) in [6.07, 6.45) is 2.61. The quantitative estimate of drug-likeness (QED) is 0.791. The molecule has 0 heterocycles. The molecule has 0 saturated carbocycles. The monoisotopic (exact) mass is 229 g/mol. The van der Waals surface area contributed by atoms with Crippen molar-refractivity contribution in [3.63, 3.8) is 0 Å². The molecule has 1 amide bonds. The van der Waals surface area contributed by atoms with E-state index in [9.17, 15) is 18.0 Å². The first-order chi connectivity index (χ1) is 7.50. The molecule has 86 valence electrons. The summed E-state index contributed by atoms with van der Waals surface area (Å²) in [5.74, 6) is -3.44. The average Bonchev–Trinajstić information content (AvgIpc) is 2.19. The number of hydrogen-bond acceptors (Lipinski definition) is 1. The fraction of sp³-hybridized carbons (Fsp3) is 0.182. The van der Waals surface area contributed by atoms with Gasteiger partial charge in [0.25, 0.3) is 0 Å². The average molecular weight is 229 g/mol. The smallest absolute Gasteiger partial charge is 0.217 e. The van der Waals surface area contributed by atoms with E-state index in [-0.39, 0.29) is 18.0 Å². The van der Waals surface area contributed by atoms with E-state index in [2.05, 4.69) is 5.32 Å². The van der Waals surface area contributed by atoms with Gasteiger partial charge in [-0.2, -0.15) is 0 Å². The van der Waals surface area contributed by atoms with E-state index in [4.69, 9.17) is 0 Å². The molecule has 0 aliphatic heterocycles. The Kier molecular flexibility index (Phi) is 4.10. The van der Waals surface area contributed by atoms with E-state index in [0.717, 1.165) is 6.07 Å². The van der Waals surface area contributed by atoms with Crippen LogP contribution in [-0.4, -0.2) is 12.5 Å². The van der Waals surface area contributed by atoms with E-state index < -0.39 is 17.5 Å². The van der Waals surface area contributed by atoms with E-state index in [1.165, 1.54) is 19.1 Å². The molecule has 2 nitrogen and oxygen atoms in total. The van der Waals surface area contributed by atoms with Gasteiger partial charge in [0, 0.05) is 25.1 Å². The summed E-state index contributed by atoms with van der Waals surface area (Å²) < 4.78 is 38.6. The Hall–Kier alpha value is -1.78. The molecule has 16 heavy (non-hydrogen) atoms. The lowest BCUT2D eigenvalue weighted by Crippen LogP contribution is -2.19.